The Morgan fingerprint density at radius 1 is 1.89 bits per heavy atom. The highest BCUT2D eigenvalue weighted by molar-refractivity contribution is 5.80. The Kier molecular flexibility index (Phi) is 3.12. The minimum absolute atomic E-state index is 0.932. The molecule has 0 unspecified atom stereocenters. The van der Waals surface area contributed by atoms with E-state index in [4.69, 9.17) is 5.11 Å². The third-order valence-corrected chi connectivity index (χ3v) is 0.647. The number of carbonyl (C=O) groups is 1. The van der Waals surface area contributed by atoms with Crippen molar-refractivity contribution in [3.63, 3.8) is 0 Å². The molecule has 0 aliphatic carbocycles. The summed E-state index contributed by atoms with van der Waals surface area (Å²) < 4.78 is 0. The van der Waals surface area contributed by atoms with Gasteiger partial charge in [-0.2, -0.15) is 0 Å². The minimum atomic E-state index is -1.04. The number of hydrogen-bond acceptors (Lipinski definition) is 2. The van der Waals surface area contributed by atoms with E-state index >= 15 is 0 Å². The largest absolute Gasteiger partial charge is 0.465 e. The van der Waals surface area contributed by atoms with Gasteiger partial charge in [0.2, 0.25) is 0 Å². The van der Waals surface area contributed by atoms with Crippen LogP contribution in [0.5, 0.6) is 0 Å². The van der Waals surface area contributed by atoms with Crippen LogP contribution in [0, 0.1) is 0 Å². The molecule has 0 atom stereocenters. The number of rotatable bonds is 2. The highest BCUT2D eigenvalue weighted by atomic mass is 16.4. The van der Waals surface area contributed by atoms with Crippen molar-refractivity contribution in [2.75, 3.05) is 7.05 Å². The van der Waals surface area contributed by atoms with Crippen LogP contribution in [0.25, 0.3) is 0 Å². The Hall–Kier alpha value is -1.32. The molecule has 0 aromatic heterocycles. The second kappa shape index (κ2) is 3.65. The maximum Gasteiger partial charge on any atom is 0.412 e. The van der Waals surface area contributed by atoms with Gasteiger partial charge in [0, 0.05) is 13.2 Å². The van der Waals surface area contributed by atoms with Crippen molar-refractivity contribution in [3.05, 3.63) is 12.8 Å². The summed E-state index contributed by atoms with van der Waals surface area (Å²) >= 11 is 0. The number of hydrogen-bond donors (Lipinski definition) is 1. The molecule has 0 aromatic carbocycles. The Morgan fingerprint density at radius 3 is 2.78 bits per heavy atom. The molecule has 0 saturated carbocycles. The van der Waals surface area contributed by atoms with Crippen molar-refractivity contribution >= 4 is 12.4 Å². The van der Waals surface area contributed by atoms with Gasteiger partial charge in [0.05, 0.1) is 6.34 Å². The molecular formula is C5H8N2O2. The van der Waals surface area contributed by atoms with E-state index in [1.54, 1.807) is 0 Å². The summed E-state index contributed by atoms with van der Waals surface area (Å²) in [5.74, 6) is 0. The van der Waals surface area contributed by atoms with Crippen molar-refractivity contribution in [1.29, 1.82) is 0 Å². The van der Waals surface area contributed by atoms with Crippen LogP contribution in [0.1, 0.15) is 0 Å². The molecule has 0 aromatic rings. The molecule has 4 heteroatoms. The quantitative estimate of drug-likeness (QED) is 0.441. The third-order valence-electron chi connectivity index (χ3n) is 0.647. The van der Waals surface area contributed by atoms with E-state index in [1.807, 2.05) is 0 Å². The van der Waals surface area contributed by atoms with Gasteiger partial charge in [0.25, 0.3) is 0 Å². The van der Waals surface area contributed by atoms with E-state index in [2.05, 4.69) is 11.6 Å². The van der Waals surface area contributed by atoms with Gasteiger partial charge in [-0.1, -0.05) is 6.58 Å². The first-order chi connectivity index (χ1) is 4.18. The van der Waals surface area contributed by atoms with E-state index in [0.717, 1.165) is 11.2 Å². The Labute approximate surface area is 53.1 Å². The maximum atomic E-state index is 10.0. The minimum Gasteiger partial charge on any atom is -0.465 e. The average molecular weight is 128 g/mol. The van der Waals surface area contributed by atoms with E-state index < -0.39 is 6.09 Å². The lowest BCUT2D eigenvalue weighted by Gasteiger charge is -2.01. The fourth-order valence-corrected chi connectivity index (χ4v) is 0.197. The molecule has 1 N–H and O–H groups in total. The SMILES string of the molecule is C=CN=CN(C)C(=O)O. The molecule has 0 heterocycles. The summed E-state index contributed by atoms with van der Waals surface area (Å²) in [5, 5.41) is 8.21. The molecule has 0 radical (unpaired) electrons. The summed E-state index contributed by atoms with van der Waals surface area (Å²) in [7, 11) is 1.38. The fraction of sp³-hybridized carbons (Fsp3) is 0.200. The van der Waals surface area contributed by atoms with Gasteiger partial charge in [-0.3, -0.25) is 4.90 Å². The molecule has 1 amide bonds. The van der Waals surface area contributed by atoms with Crippen molar-refractivity contribution < 1.29 is 9.90 Å². The Morgan fingerprint density at radius 2 is 2.44 bits per heavy atom. The summed E-state index contributed by atoms with van der Waals surface area (Å²) in [4.78, 5) is 14.4. The lowest BCUT2D eigenvalue weighted by Crippen LogP contribution is -2.22. The topological polar surface area (TPSA) is 52.9 Å². The first-order valence-corrected chi connectivity index (χ1v) is 2.28. The summed E-state index contributed by atoms with van der Waals surface area (Å²) in [6, 6.07) is 0. The van der Waals surface area contributed by atoms with Crippen LogP contribution in [-0.2, 0) is 0 Å². The summed E-state index contributed by atoms with van der Waals surface area (Å²) in [5.41, 5.74) is 0. The normalized spacial score (nSPS) is 9.44. The lowest BCUT2D eigenvalue weighted by molar-refractivity contribution is 0.177. The second-order valence-electron chi connectivity index (χ2n) is 1.34. The van der Waals surface area contributed by atoms with Crippen LogP contribution in [0.4, 0.5) is 4.79 Å². The molecule has 0 rings (SSSR count). The van der Waals surface area contributed by atoms with Crippen molar-refractivity contribution in [2.24, 2.45) is 4.99 Å². The Bertz CT molecular complexity index is 142. The molecular weight excluding hydrogens is 120 g/mol. The van der Waals surface area contributed by atoms with Crippen molar-refractivity contribution in [3.8, 4) is 0 Å². The molecule has 4 nitrogen and oxygen atoms in total. The van der Waals surface area contributed by atoms with Gasteiger partial charge in [0.1, 0.15) is 0 Å². The average Bonchev–Trinajstić information content (AvgIpc) is 1.82. The molecule has 9 heavy (non-hydrogen) atoms. The molecule has 0 aliphatic rings. The van der Waals surface area contributed by atoms with Gasteiger partial charge < -0.3 is 5.11 Å². The zero-order valence-corrected chi connectivity index (χ0v) is 5.11. The standard InChI is InChI=1S/C5H8N2O2/c1-3-6-4-7(2)5(8)9/h3-4H,1H2,2H3,(H,8,9). The van der Waals surface area contributed by atoms with Crippen molar-refractivity contribution in [2.45, 2.75) is 0 Å². The van der Waals surface area contributed by atoms with Crippen LogP contribution in [-0.4, -0.2) is 29.5 Å². The Balaban J connectivity index is 3.75. The van der Waals surface area contributed by atoms with Crippen LogP contribution < -0.4 is 0 Å². The molecule has 50 valence electrons. The van der Waals surface area contributed by atoms with Gasteiger partial charge in [-0.05, 0) is 0 Å². The van der Waals surface area contributed by atoms with Crippen LogP contribution in [0.15, 0.2) is 17.8 Å². The number of nitrogens with zero attached hydrogens (tertiary/aromatic N) is 2. The third kappa shape index (κ3) is 3.28. The molecule has 0 fully saturated rings. The zero-order chi connectivity index (χ0) is 7.28. The molecule has 0 saturated heterocycles. The summed E-state index contributed by atoms with van der Waals surface area (Å²) in [6.07, 6.45) is 1.38. The maximum absolute atomic E-state index is 10.0. The van der Waals surface area contributed by atoms with E-state index in [-0.39, 0.29) is 0 Å². The number of amides is 1. The zero-order valence-electron chi connectivity index (χ0n) is 5.11. The highest BCUT2D eigenvalue weighted by Crippen LogP contribution is 1.76. The van der Waals surface area contributed by atoms with Crippen LogP contribution in [0.3, 0.4) is 0 Å². The van der Waals surface area contributed by atoms with Gasteiger partial charge >= 0.3 is 6.09 Å². The monoisotopic (exact) mass is 128 g/mol. The predicted molar refractivity (Wildman–Crippen MR) is 34.5 cm³/mol. The van der Waals surface area contributed by atoms with Gasteiger partial charge in [-0.15, -0.1) is 0 Å². The molecule has 0 spiro atoms. The van der Waals surface area contributed by atoms with Crippen LogP contribution >= 0.6 is 0 Å². The first-order valence-electron chi connectivity index (χ1n) is 2.28. The van der Waals surface area contributed by atoms with E-state index in [9.17, 15) is 4.79 Å². The summed E-state index contributed by atoms with van der Waals surface area (Å²) in [6.45, 7) is 3.27. The lowest BCUT2D eigenvalue weighted by atomic mass is 10.9. The first kappa shape index (κ1) is 7.68. The predicted octanol–water partition coefficient (Wildman–Crippen LogP) is 0.768. The van der Waals surface area contributed by atoms with Gasteiger partial charge in [-0.25, -0.2) is 9.79 Å². The highest BCUT2D eigenvalue weighted by Gasteiger charge is 1.97. The number of aliphatic imine (C=N–C) groups is 1. The smallest absolute Gasteiger partial charge is 0.412 e. The molecule has 0 bridgehead atoms. The fourth-order valence-electron chi connectivity index (χ4n) is 0.197. The molecule has 0 aliphatic heterocycles. The second-order valence-corrected chi connectivity index (χ2v) is 1.34. The van der Waals surface area contributed by atoms with E-state index in [1.165, 1.54) is 13.2 Å². The van der Waals surface area contributed by atoms with Crippen molar-refractivity contribution in [1.82, 2.24) is 4.90 Å². The van der Waals surface area contributed by atoms with Gasteiger partial charge in [0.15, 0.2) is 0 Å². The number of carboxylic acid groups (broad SMARTS) is 1. The van der Waals surface area contributed by atoms with Crippen LogP contribution in [0.2, 0.25) is 0 Å². The van der Waals surface area contributed by atoms with E-state index in [0.29, 0.717) is 0 Å².